The predicted octanol–water partition coefficient (Wildman–Crippen LogP) is 2.59. The highest BCUT2D eigenvalue weighted by molar-refractivity contribution is 5.14. The van der Waals surface area contributed by atoms with Crippen LogP contribution in [0.15, 0.2) is 48.8 Å². The van der Waals surface area contributed by atoms with Gasteiger partial charge in [-0.1, -0.05) is 30.3 Å². The van der Waals surface area contributed by atoms with Crippen LogP contribution in [0.1, 0.15) is 24.2 Å². The Bertz CT molecular complexity index is 385. The average molecular weight is 241 g/mol. The van der Waals surface area contributed by atoms with Crippen LogP contribution in [0.2, 0.25) is 0 Å². The predicted molar refractivity (Wildman–Crippen MR) is 73.1 cm³/mol. The molecule has 2 aromatic rings. The molecule has 1 N–H and O–H groups in total. The molecule has 0 aliphatic heterocycles. The lowest BCUT2D eigenvalue weighted by Crippen LogP contribution is -2.16. The Balaban J connectivity index is 1.54. The highest BCUT2D eigenvalue weighted by Gasteiger charge is 1.95. The van der Waals surface area contributed by atoms with Crippen molar-refractivity contribution in [1.82, 2.24) is 15.3 Å². The summed E-state index contributed by atoms with van der Waals surface area (Å²) in [5.74, 6) is 0.862. The molecule has 0 bridgehead atoms. The first-order valence-electron chi connectivity index (χ1n) is 6.46. The van der Waals surface area contributed by atoms with Crippen molar-refractivity contribution < 1.29 is 0 Å². The molecule has 0 aliphatic carbocycles. The van der Waals surface area contributed by atoms with Crippen LogP contribution in [0.4, 0.5) is 0 Å². The molecule has 2 rings (SSSR count). The minimum Gasteiger partial charge on any atom is -0.310 e. The molecule has 1 aromatic heterocycles. The van der Waals surface area contributed by atoms with Crippen molar-refractivity contribution in [3.05, 3.63) is 60.2 Å². The molecule has 0 aliphatic rings. The Kier molecular flexibility index (Phi) is 5.34. The van der Waals surface area contributed by atoms with E-state index in [0.717, 1.165) is 25.3 Å². The highest BCUT2D eigenvalue weighted by atomic mass is 14.9. The lowest BCUT2D eigenvalue weighted by molar-refractivity contribution is 0.607. The van der Waals surface area contributed by atoms with Gasteiger partial charge in [-0.05, 0) is 37.4 Å². The highest BCUT2D eigenvalue weighted by Crippen LogP contribution is 2.03. The van der Waals surface area contributed by atoms with Crippen molar-refractivity contribution in [2.24, 2.45) is 0 Å². The van der Waals surface area contributed by atoms with Crippen LogP contribution in [0.5, 0.6) is 0 Å². The van der Waals surface area contributed by atoms with E-state index in [1.807, 2.05) is 6.07 Å². The van der Waals surface area contributed by atoms with Crippen LogP contribution in [0.25, 0.3) is 0 Å². The summed E-state index contributed by atoms with van der Waals surface area (Å²) in [4.78, 5) is 8.34. The van der Waals surface area contributed by atoms with Gasteiger partial charge in [-0.3, -0.25) is 0 Å². The summed E-state index contributed by atoms with van der Waals surface area (Å²) in [7, 11) is 0. The summed E-state index contributed by atoms with van der Waals surface area (Å²) in [6, 6.07) is 12.5. The van der Waals surface area contributed by atoms with E-state index in [-0.39, 0.29) is 0 Å². The summed E-state index contributed by atoms with van der Waals surface area (Å²) in [5.41, 5.74) is 1.42. The van der Waals surface area contributed by atoms with Crippen molar-refractivity contribution in [1.29, 1.82) is 0 Å². The molecule has 1 heterocycles. The molecule has 1 aromatic carbocycles. The zero-order valence-corrected chi connectivity index (χ0v) is 10.5. The van der Waals surface area contributed by atoms with Gasteiger partial charge < -0.3 is 5.32 Å². The first-order valence-corrected chi connectivity index (χ1v) is 6.46. The molecule has 0 spiro atoms. The number of hydrogen-bond donors (Lipinski definition) is 1. The van der Waals surface area contributed by atoms with Gasteiger partial charge in [-0.15, -0.1) is 0 Å². The van der Waals surface area contributed by atoms with Gasteiger partial charge in [0.1, 0.15) is 5.82 Å². The van der Waals surface area contributed by atoms with Gasteiger partial charge in [0.2, 0.25) is 0 Å². The van der Waals surface area contributed by atoms with Crippen molar-refractivity contribution in [2.45, 2.75) is 25.8 Å². The first-order chi connectivity index (χ1) is 8.95. The molecule has 18 heavy (non-hydrogen) atoms. The summed E-state index contributed by atoms with van der Waals surface area (Å²) < 4.78 is 0. The van der Waals surface area contributed by atoms with E-state index in [9.17, 15) is 0 Å². The molecule has 0 amide bonds. The molecule has 0 unspecified atom stereocenters. The lowest BCUT2D eigenvalue weighted by Gasteiger charge is -2.04. The zero-order chi connectivity index (χ0) is 12.5. The van der Waals surface area contributed by atoms with Gasteiger partial charge in [0.25, 0.3) is 0 Å². The smallest absolute Gasteiger partial charge is 0.141 e. The minimum absolute atomic E-state index is 0.756. The number of unbranched alkanes of at least 4 members (excludes halogenated alkanes) is 1. The Morgan fingerprint density at radius 1 is 0.889 bits per heavy atom. The molecule has 3 heteroatoms. The molecular formula is C15H19N3. The van der Waals surface area contributed by atoms with Gasteiger partial charge >= 0.3 is 0 Å². The minimum atomic E-state index is 0.756. The number of rotatable bonds is 7. The molecule has 0 atom stereocenters. The van der Waals surface area contributed by atoms with E-state index >= 15 is 0 Å². The van der Waals surface area contributed by atoms with Gasteiger partial charge in [0.15, 0.2) is 0 Å². The van der Waals surface area contributed by atoms with Crippen LogP contribution in [0, 0.1) is 0 Å². The summed E-state index contributed by atoms with van der Waals surface area (Å²) in [6.45, 7) is 1.78. The second kappa shape index (κ2) is 7.56. The summed E-state index contributed by atoms with van der Waals surface area (Å²) in [6.07, 6.45) is 7.11. The third-order valence-electron chi connectivity index (χ3n) is 2.81. The Labute approximate surface area is 108 Å². The second-order valence-corrected chi connectivity index (χ2v) is 4.28. The zero-order valence-electron chi connectivity index (χ0n) is 10.5. The fourth-order valence-electron chi connectivity index (χ4n) is 1.85. The molecule has 0 fully saturated rings. The van der Waals surface area contributed by atoms with E-state index in [1.165, 1.54) is 18.4 Å². The third kappa shape index (κ3) is 4.63. The van der Waals surface area contributed by atoms with Gasteiger partial charge in [0, 0.05) is 12.4 Å². The van der Waals surface area contributed by atoms with Gasteiger partial charge in [-0.2, -0.15) is 0 Å². The van der Waals surface area contributed by atoms with Crippen LogP contribution in [-0.4, -0.2) is 16.5 Å². The number of hydrogen-bond acceptors (Lipinski definition) is 3. The van der Waals surface area contributed by atoms with Gasteiger partial charge in [-0.25, -0.2) is 9.97 Å². The standard InChI is InChI=1S/C15H19N3/c1-2-7-14(8-3-1)9-4-5-10-16-13-15-17-11-6-12-18-15/h1-3,6-8,11-12,16H,4-5,9-10,13H2. The number of nitrogens with one attached hydrogen (secondary N) is 1. The average Bonchev–Trinajstić information content (AvgIpc) is 2.45. The number of nitrogens with zero attached hydrogens (tertiary/aromatic N) is 2. The van der Waals surface area contributed by atoms with E-state index < -0.39 is 0 Å². The van der Waals surface area contributed by atoms with E-state index in [0.29, 0.717) is 0 Å². The van der Waals surface area contributed by atoms with E-state index in [2.05, 4.69) is 45.6 Å². The Morgan fingerprint density at radius 3 is 2.44 bits per heavy atom. The monoisotopic (exact) mass is 241 g/mol. The number of aromatic nitrogens is 2. The van der Waals surface area contributed by atoms with Crippen LogP contribution < -0.4 is 5.32 Å². The quantitative estimate of drug-likeness (QED) is 0.757. The maximum atomic E-state index is 4.17. The lowest BCUT2D eigenvalue weighted by atomic mass is 10.1. The van der Waals surface area contributed by atoms with Gasteiger partial charge in [0.05, 0.1) is 6.54 Å². The molecule has 3 nitrogen and oxygen atoms in total. The summed E-state index contributed by atoms with van der Waals surface area (Å²) >= 11 is 0. The van der Waals surface area contributed by atoms with Crippen molar-refractivity contribution in [3.8, 4) is 0 Å². The first kappa shape index (κ1) is 12.7. The van der Waals surface area contributed by atoms with E-state index in [4.69, 9.17) is 0 Å². The summed E-state index contributed by atoms with van der Waals surface area (Å²) in [5, 5.41) is 3.36. The molecule has 0 saturated carbocycles. The third-order valence-corrected chi connectivity index (χ3v) is 2.81. The number of aryl methyl sites for hydroxylation is 1. The maximum absolute atomic E-state index is 4.17. The maximum Gasteiger partial charge on any atom is 0.141 e. The van der Waals surface area contributed by atoms with Crippen molar-refractivity contribution in [3.63, 3.8) is 0 Å². The van der Waals surface area contributed by atoms with Crippen LogP contribution in [-0.2, 0) is 13.0 Å². The van der Waals surface area contributed by atoms with Crippen LogP contribution >= 0.6 is 0 Å². The van der Waals surface area contributed by atoms with Crippen LogP contribution in [0.3, 0.4) is 0 Å². The fourth-order valence-corrected chi connectivity index (χ4v) is 1.85. The van der Waals surface area contributed by atoms with Crippen molar-refractivity contribution >= 4 is 0 Å². The molecule has 94 valence electrons. The van der Waals surface area contributed by atoms with Crippen molar-refractivity contribution in [2.75, 3.05) is 6.54 Å². The second-order valence-electron chi connectivity index (χ2n) is 4.28. The Morgan fingerprint density at radius 2 is 1.67 bits per heavy atom. The molecule has 0 radical (unpaired) electrons. The molecule has 0 saturated heterocycles. The fraction of sp³-hybridized carbons (Fsp3) is 0.333. The molecular weight excluding hydrogens is 222 g/mol. The SMILES string of the molecule is c1ccc(CCCCNCc2ncccn2)cc1. The van der Waals surface area contributed by atoms with E-state index in [1.54, 1.807) is 12.4 Å². The Hall–Kier alpha value is -1.74. The topological polar surface area (TPSA) is 37.8 Å². The number of benzene rings is 1. The largest absolute Gasteiger partial charge is 0.310 e. The normalized spacial score (nSPS) is 10.4.